The van der Waals surface area contributed by atoms with E-state index in [2.05, 4.69) is 20.1 Å². The standard InChI is InChI=1S/C11H17N5O/c17-11(10-12-8-13-14-10)16-6-2-5-15-4-1-3-9(15)7-16/h8-9H,1-7H2,(H,12,13,14). The molecule has 0 radical (unpaired) electrons. The minimum atomic E-state index is -0.0174. The summed E-state index contributed by atoms with van der Waals surface area (Å²) in [5.41, 5.74) is 0. The van der Waals surface area contributed by atoms with Crippen LogP contribution in [-0.2, 0) is 0 Å². The van der Waals surface area contributed by atoms with Crippen LogP contribution in [0.4, 0.5) is 0 Å². The first-order valence-electron chi connectivity index (χ1n) is 6.23. The smallest absolute Gasteiger partial charge is 0.291 e. The van der Waals surface area contributed by atoms with E-state index in [0.29, 0.717) is 11.9 Å². The van der Waals surface area contributed by atoms with Crippen molar-refractivity contribution < 1.29 is 4.79 Å². The van der Waals surface area contributed by atoms with Gasteiger partial charge in [0.15, 0.2) is 0 Å². The lowest BCUT2D eigenvalue weighted by Gasteiger charge is -2.24. The van der Waals surface area contributed by atoms with E-state index in [1.54, 1.807) is 0 Å². The van der Waals surface area contributed by atoms with Gasteiger partial charge < -0.3 is 4.90 Å². The van der Waals surface area contributed by atoms with Gasteiger partial charge in [-0.15, -0.1) is 0 Å². The highest BCUT2D eigenvalue weighted by Crippen LogP contribution is 2.21. The Morgan fingerprint density at radius 2 is 2.24 bits per heavy atom. The van der Waals surface area contributed by atoms with Crippen LogP contribution in [0.1, 0.15) is 29.9 Å². The van der Waals surface area contributed by atoms with Crippen molar-refractivity contribution >= 4 is 5.91 Å². The van der Waals surface area contributed by atoms with Crippen molar-refractivity contribution in [1.82, 2.24) is 25.0 Å². The average Bonchev–Trinajstić information content (AvgIpc) is 2.96. The van der Waals surface area contributed by atoms with Crippen LogP contribution in [0.3, 0.4) is 0 Å². The normalized spacial score (nSPS) is 25.6. The van der Waals surface area contributed by atoms with Crippen LogP contribution in [0.25, 0.3) is 0 Å². The number of carbonyl (C=O) groups is 1. The van der Waals surface area contributed by atoms with Crippen LogP contribution in [-0.4, -0.2) is 63.1 Å². The first kappa shape index (κ1) is 10.7. The molecule has 1 amide bonds. The van der Waals surface area contributed by atoms with Crippen molar-refractivity contribution in [2.75, 3.05) is 26.2 Å². The van der Waals surface area contributed by atoms with E-state index >= 15 is 0 Å². The molecule has 2 saturated heterocycles. The highest BCUT2D eigenvalue weighted by atomic mass is 16.2. The van der Waals surface area contributed by atoms with Crippen molar-refractivity contribution in [1.29, 1.82) is 0 Å². The van der Waals surface area contributed by atoms with Crippen LogP contribution in [0, 0.1) is 0 Å². The summed E-state index contributed by atoms with van der Waals surface area (Å²) in [5.74, 6) is 0.340. The molecule has 1 N–H and O–H groups in total. The number of fused-ring (bicyclic) bond motifs is 1. The van der Waals surface area contributed by atoms with Gasteiger partial charge in [-0.25, -0.2) is 4.98 Å². The molecule has 0 aromatic carbocycles. The van der Waals surface area contributed by atoms with E-state index in [-0.39, 0.29) is 5.91 Å². The summed E-state index contributed by atoms with van der Waals surface area (Å²) in [4.78, 5) is 20.5. The predicted octanol–water partition coefficient (Wildman–Crippen LogP) is 0.115. The van der Waals surface area contributed by atoms with Gasteiger partial charge in [0, 0.05) is 25.7 Å². The Labute approximate surface area is 100 Å². The molecular formula is C11H17N5O. The highest BCUT2D eigenvalue weighted by molar-refractivity contribution is 5.90. The lowest BCUT2D eigenvalue weighted by atomic mass is 10.2. The van der Waals surface area contributed by atoms with E-state index in [9.17, 15) is 4.79 Å². The lowest BCUT2D eigenvalue weighted by Crippen LogP contribution is -2.40. The molecular weight excluding hydrogens is 218 g/mol. The quantitative estimate of drug-likeness (QED) is 0.750. The molecule has 0 saturated carbocycles. The maximum absolute atomic E-state index is 12.2. The molecule has 0 spiro atoms. The van der Waals surface area contributed by atoms with Crippen LogP contribution in [0.5, 0.6) is 0 Å². The van der Waals surface area contributed by atoms with Gasteiger partial charge in [0.05, 0.1) is 0 Å². The molecule has 6 heteroatoms. The number of hydrogen-bond donors (Lipinski definition) is 1. The minimum absolute atomic E-state index is 0.0174. The topological polar surface area (TPSA) is 65.1 Å². The summed E-state index contributed by atoms with van der Waals surface area (Å²) in [6.45, 7) is 3.96. The number of carbonyl (C=O) groups excluding carboxylic acids is 1. The van der Waals surface area contributed by atoms with E-state index < -0.39 is 0 Å². The Bertz CT molecular complexity index is 391. The zero-order valence-electron chi connectivity index (χ0n) is 9.80. The summed E-state index contributed by atoms with van der Waals surface area (Å²) in [6.07, 6.45) is 4.90. The van der Waals surface area contributed by atoms with E-state index in [1.165, 1.54) is 25.7 Å². The molecule has 17 heavy (non-hydrogen) atoms. The SMILES string of the molecule is O=C(c1ncn[nH]1)N1CCCN2CCCC2C1. The Morgan fingerprint density at radius 3 is 3.06 bits per heavy atom. The summed E-state index contributed by atoms with van der Waals surface area (Å²) in [6, 6.07) is 0.546. The first-order chi connectivity index (χ1) is 8.34. The third kappa shape index (κ3) is 2.04. The second-order valence-electron chi connectivity index (χ2n) is 4.77. The maximum atomic E-state index is 12.2. The van der Waals surface area contributed by atoms with Crippen LogP contribution in [0.15, 0.2) is 6.33 Å². The molecule has 3 heterocycles. The molecule has 2 aliphatic rings. The molecule has 92 valence electrons. The Morgan fingerprint density at radius 1 is 1.35 bits per heavy atom. The molecule has 2 aliphatic heterocycles. The number of nitrogens with one attached hydrogen (secondary N) is 1. The third-order valence-corrected chi connectivity index (χ3v) is 3.71. The Kier molecular flexibility index (Phi) is 2.80. The van der Waals surface area contributed by atoms with Gasteiger partial charge in [0.1, 0.15) is 6.33 Å². The van der Waals surface area contributed by atoms with E-state index in [4.69, 9.17) is 0 Å². The van der Waals surface area contributed by atoms with Gasteiger partial charge in [-0.2, -0.15) is 5.10 Å². The van der Waals surface area contributed by atoms with Crippen molar-refractivity contribution in [2.45, 2.75) is 25.3 Å². The number of nitrogens with zero attached hydrogens (tertiary/aromatic N) is 4. The summed E-state index contributed by atoms with van der Waals surface area (Å²) >= 11 is 0. The number of aromatic amines is 1. The van der Waals surface area contributed by atoms with Crippen molar-refractivity contribution in [3.05, 3.63) is 12.2 Å². The number of aromatic nitrogens is 3. The Hall–Kier alpha value is -1.43. The zero-order chi connectivity index (χ0) is 11.7. The van der Waals surface area contributed by atoms with Crippen molar-refractivity contribution in [2.24, 2.45) is 0 Å². The summed E-state index contributed by atoms with van der Waals surface area (Å²) in [7, 11) is 0. The van der Waals surface area contributed by atoms with Gasteiger partial charge >= 0.3 is 0 Å². The van der Waals surface area contributed by atoms with Crippen LogP contribution >= 0.6 is 0 Å². The fraction of sp³-hybridized carbons (Fsp3) is 0.727. The van der Waals surface area contributed by atoms with E-state index in [1.807, 2.05) is 4.90 Å². The largest absolute Gasteiger partial charge is 0.334 e. The fourth-order valence-electron chi connectivity index (χ4n) is 2.85. The van der Waals surface area contributed by atoms with E-state index in [0.717, 1.165) is 26.1 Å². The van der Waals surface area contributed by atoms with Gasteiger partial charge in [-0.3, -0.25) is 14.8 Å². The lowest BCUT2D eigenvalue weighted by molar-refractivity contribution is 0.0731. The maximum Gasteiger partial charge on any atom is 0.291 e. The molecule has 3 rings (SSSR count). The Balaban J connectivity index is 1.72. The van der Waals surface area contributed by atoms with Gasteiger partial charge in [0.25, 0.3) is 5.91 Å². The average molecular weight is 235 g/mol. The zero-order valence-corrected chi connectivity index (χ0v) is 9.80. The second-order valence-corrected chi connectivity index (χ2v) is 4.77. The molecule has 1 unspecified atom stereocenters. The summed E-state index contributed by atoms with van der Waals surface area (Å²) < 4.78 is 0. The molecule has 1 atom stereocenters. The van der Waals surface area contributed by atoms with Gasteiger partial charge in [0.2, 0.25) is 5.82 Å². The number of hydrogen-bond acceptors (Lipinski definition) is 4. The highest BCUT2D eigenvalue weighted by Gasteiger charge is 2.31. The summed E-state index contributed by atoms with van der Waals surface area (Å²) in [5, 5.41) is 6.38. The fourth-order valence-corrected chi connectivity index (χ4v) is 2.85. The molecule has 2 fully saturated rings. The van der Waals surface area contributed by atoms with Gasteiger partial charge in [-0.1, -0.05) is 0 Å². The molecule has 6 nitrogen and oxygen atoms in total. The second kappa shape index (κ2) is 4.44. The number of rotatable bonds is 1. The predicted molar refractivity (Wildman–Crippen MR) is 61.5 cm³/mol. The van der Waals surface area contributed by atoms with Crippen molar-refractivity contribution in [3.8, 4) is 0 Å². The third-order valence-electron chi connectivity index (χ3n) is 3.71. The van der Waals surface area contributed by atoms with Crippen LogP contribution < -0.4 is 0 Å². The van der Waals surface area contributed by atoms with Crippen LogP contribution in [0.2, 0.25) is 0 Å². The van der Waals surface area contributed by atoms with Gasteiger partial charge in [-0.05, 0) is 25.8 Å². The molecule has 1 aromatic rings. The minimum Gasteiger partial charge on any atom is -0.334 e. The molecule has 0 bridgehead atoms. The molecule has 1 aromatic heterocycles. The molecule has 0 aliphatic carbocycles. The van der Waals surface area contributed by atoms with Crippen molar-refractivity contribution in [3.63, 3.8) is 0 Å². The first-order valence-corrected chi connectivity index (χ1v) is 6.23. The number of H-pyrrole nitrogens is 1. The number of amides is 1. The monoisotopic (exact) mass is 235 g/mol.